The molecule has 3 heterocycles. The molecule has 1 aromatic carbocycles. The normalized spacial score (nSPS) is 26.2. The molecule has 0 spiro atoms. The van der Waals surface area contributed by atoms with E-state index in [4.69, 9.17) is 0 Å². The zero-order chi connectivity index (χ0) is 19.7. The number of hydrogen-bond donors (Lipinski definition) is 3. The largest absolute Gasteiger partial charge is 0.339 e. The molecular formula is C21H31N5O2. The fourth-order valence-electron chi connectivity index (χ4n) is 4.57. The van der Waals surface area contributed by atoms with Crippen LogP contribution in [0.25, 0.3) is 0 Å². The maximum absolute atomic E-state index is 13.0. The van der Waals surface area contributed by atoms with E-state index in [1.165, 1.54) is 0 Å². The second-order valence-electron chi connectivity index (χ2n) is 8.54. The van der Waals surface area contributed by atoms with Crippen LogP contribution in [0.4, 0.5) is 10.5 Å². The number of hydrogen-bond acceptors (Lipinski definition) is 4. The van der Waals surface area contributed by atoms with E-state index in [0.717, 1.165) is 38.0 Å². The number of nitrogens with one attached hydrogen (secondary N) is 3. The second-order valence-corrected chi connectivity index (χ2v) is 8.54. The third-order valence-electron chi connectivity index (χ3n) is 6.42. The molecule has 3 amide bonds. The molecule has 2 unspecified atom stereocenters. The van der Waals surface area contributed by atoms with Gasteiger partial charge in [0.2, 0.25) is 0 Å². The predicted molar refractivity (Wildman–Crippen MR) is 109 cm³/mol. The Hall–Kier alpha value is -2.12. The summed E-state index contributed by atoms with van der Waals surface area (Å²) in [6.45, 7) is 7.38. The minimum atomic E-state index is -0.0946. The van der Waals surface area contributed by atoms with Crippen LogP contribution in [0.2, 0.25) is 0 Å². The summed E-state index contributed by atoms with van der Waals surface area (Å²) >= 11 is 0. The quantitative estimate of drug-likeness (QED) is 0.741. The van der Waals surface area contributed by atoms with Gasteiger partial charge in [0.15, 0.2) is 0 Å². The number of carbonyl (C=O) groups excluding carboxylic acids is 2. The average Bonchev–Trinajstić information content (AvgIpc) is 3.37. The molecule has 28 heavy (non-hydrogen) atoms. The first-order valence-electron chi connectivity index (χ1n) is 10.5. The lowest BCUT2D eigenvalue weighted by molar-refractivity contribution is 0.0673. The number of rotatable bonds is 4. The van der Waals surface area contributed by atoms with Gasteiger partial charge in [0, 0.05) is 49.5 Å². The number of carbonyl (C=O) groups is 2. The van der Waals surface area contributed by atoms with Crippen molar-refractivity contribution in [3.63, 3.8) is 0 Å². The Kier molecular flexibility index (Phi) is 5.55. The van der Waals surface area contributed by atoms with E-state index >= 15 is 0 Å². The molecule has 0 aliphatic carbocycles. The van der Waals surface area contributed by atoms with Crippen molar-refractivity contribution in [2.24, 2.45) is 11.8 Å². The zero-order valence-electron chi connectivity index (χ0n) is 16.8. The monoisotopic (exact) mass is 385 g/mol. The van der Waals surface area contributed by atoms with Gasteiger partial charge in [0.1, 0.15) is 0 Å². The molecule has 7 nitrogen and oxygen atoms in total. The molecule has 3 aliphatic rings. The molecule has 0 radical (unpaired) electrons. The van der Waals surface area contributed by atoms with Crippen LogP contribution in [-0.4, -0.2) is 55.1 Å². The van der Waals surface area contributed by atoms with E-state index in [1.54, 1.807) is 4.90 Å². The van der Waals surface area contributed by atoms with Crippen molar-refractivity contribution in [3.8, 4) is 0 Å². The SMILES string of the molecule is CC(C)C1CC(C2CCN(C(=O)c3cccc(N4CCNC4=O)c3)CC2)NN1. The highest BCUT2D eigenvalue weighted by molar-refractivity contribution is 5.98. The predicted octanol–water partition coefficient (Wildman–Crippen LogP) is 1.96. The number of likely N-dealkylation sites (tertiary alicyclic amines) is 1. The summed E-state index contributed by atoms with van der Waals surface area (Å²) in [5, 5.41) is 2.80. The molecular weight excluding hydrogens is 354 g/mol. The van der Waals surface area contributed by atoms with Crippen molar-refractivity contribution in [3.05, 3.63) is 29.8 Å². The number of hydrazine groups is 1. The van der Waals surface area contributed by atoms with Crippen LogP contribution in [0.3, 0.4) is 0 Å². The lowest BCUT2D eigenvalue weighted by atomic mass is 9.85. The van der Waals surface area contributed by atoms with E-state index < -0.39 is 0 Å². The van der Waals surface area contributed by atoms with Crippen LogP contribution in [0.1, 0.15) is 43.5 Å². The molecule has 0 aromatic heterocycles. The minimum absolute atomic E-state index is 0.0671. The van der Waals surface area contributed by atoms with Gasteiger partial charge in [0.05, 0.1) is 0 Å². The van der Waals surface area contributed by atoms with Gasteiger partial charge in [-0.3, -0.25) is 20.5 Å². The molecule has 3 aliphatic heterocycles. The number of amides is 3. The first kappa shape index (κ1) is 19.2. The van der Waals surface area contributed by atoms with Gasteiger partial charge in [-0.15, -0.1) is 0 Å². The number of anilines is 1. The van der Waals surface area contributed by atoms with Crippen LogP contribution in [0, 0.1) is 11.8 Å². The Bertz CT molecular complexity index is 729. The van der Waals surface area contributed by atoms with Crippen molar-refractivity contribution in [2.75, 3.05) is 31.1 Å². The van der Waals surface area contributed by atoms with Gasteiger partial charge in [0.25, 0.3) is 5.91 Å². The number of nitrogens with zero attached hydrogens (tertiary/aromatic N) is 2. The maximum atomic E-state index is 13.0. The van der Waals surface area contributed by atoms with Crippen molar-refractivity contribution in [1.82, 2.24) is 21.1 Å². The smallest absolute Gasteiger partial charge is 0.321 e. The first-order valence-corrected chi connectivity index (χ1v) is 10.5. The van der Waals surface area contributed by atoms with E-state index in [9.17, 15) is 9.59 Å². The summed E-state index contributed by atoms with van der Waals surface area (Å²) in [6.07, 6.45) is 3.23. The van der Waals surface area contributed by atoms with E-state index in [2.05, 4.69) is 30.0 Å². The first-order chi connectivity index (χ1) is 13.5. The third kappa shape index (κ3) is 3.86. The zero-order valence-corrected chi connectivity index (χ0v) is 16.8. The highest BCUT2D eigenvalue weighted by Gasteiger charge is 2.34. The number of urea groups is 1. The average molecular weight is 386 g/mol. The van der Waals surface area contributed by atoms with Crippen molar-refractivity contribution >= 4 is 17.6 Å². The van der Waals surface area contributed by atoms with Crippen LogP contribution in [-0.2, 0) is 0 Å². The fraction of sp³-hybridized carbons (Fsp3) is 0.619. The summed E-state index contributed by atoms with van der Waals surface area (Å²) in [5.41, 5.74) is 8.36. The van der Waals surface area contributed by atoms with Gasteiger partial charge >= 0.3 is 6.03 Å². The molecule has 0 saturated carbocycles. The van der Waals surface area contributed by atoms with Gasteiger partial charge in [-0.1, -0.05) is 19.9 Å². The topological polar surface area (TPSA) is 76.7 Å². The Morgan fingerprint density at radius 2 is 1.93 bits per heavy atom. The standard InChI is InChI=1S/C21H31N5O2/c1-14(2)18-13-19(24-23-18)15-6-9-25(10-7-15)20(27)16-4-3-5-17(12-16)26-11-8-22-21(26)28/h3-5,12,14-15,18-19,23-24H,6-11,13H2,1-2H3,(H,22,28). The summed E-state index contributed by atoms with van der Waals surface area (Å²) in [6, 6.07) is 8.38. The molecule has 4 rings (SSSR count). The highest BCUT2D eigenvalue weighted by atomic mass is 16.2. The summed E-state index contributed by atoms with van der Waals surface area (Å²) in [7, 11) is 0. The van der Waals surface area contributed by atoms with Crippen molar-refractivity contribution in [1.29, 1.82) is 0 Å². The highest BCUT2D eigenvalue weighted by Crippen LogP contribution is 2.28. The van der Waals surface area contributed by atoms with Crippen molar-refractivity contribution in [2.45, 2.75) is 45.2 Å². The van der Waals surface area contributed by atoms with Crippen LogP contribution in [0.5, 0.6) is 0 Å². The molecule has 7 heteroatoms. The molecule has 3 N–H and O–H groups in total. The van der Waals surface area contributed by atoms with E-state index in [0.29, 0.717) is 42.6 Å². The Balaban J connectivity index is 1.35. The van der Waals surface area contributed by atoms with E-state index in [-0.39, 0.29) is 11.9 Å². The van der Waals surface area contributed by atoms with E-state index in [1.807, 2.05) is 29.2 Å². The van der Waals surface area contributed by atoms with Crippen molar-refractivity contribution < 1.29 is 9.59 Å². The second kappa shape index (κ2) is 8.09. The Morgan fingerprint density at radius 3 is 2.57 bits per heavy atom. The Morgan fingerprint density at radius 1 is 1.14 bits per heavy atom. The van der Waals surface area contributed by atoms with Crippen LogP contribution in [0.15, 0.2) is 24.3 Å². The van der Waals surface area contributed by atoms with Gasteiger partial charge in [-0.05, 0) is 49.3 Å². The van der Waals surface area contributed by atoms with Gasteiger partial charge in [-0.25, -0.2) is 4.79 Å². The maximum Gasteiger partial charge on any atom is 0.321 e. The third-order valence-corrected chi connectivity index (χ3v) is 6.42. The number of benzene rings is 1. The lowest BCUT2D eigenvalue weighted by Gasteiger charge is -2.35. The molecule has 3 fully saturated rings. The molecule has 2 atom stereocenters. The lowest BCUT2D eigenvalue weighted by Crippen LogP contribution is -2.44. The minimum Gasteiger partial charge on any atom is -0.339 e. The fourth-order valence-corrected chi connectivity index (χ4v) is 4.57. The summed E-state index contributed by atoms with van der Waals surface area (Å²) in [4.78, 5) is 28.5. The molecule has 1 aromatic rings. The van der Waals surface area contributed by atoms with Gasteiger partial charge in [-0.2, -0.15) is 0 Å². The summed E-state index contributed by atoms with van der Waals surface area (Å²) < 4.78 is 0. The van der Waals surface area contributed by atoms with Crippen LogP contribution >= 0.6 is 0 Å². The molecule has 0 bridgehead atoms. The summed E-state index contributed by atoms with van der Waals surface area (Å²) in [5.74, 6) is 1.31. The molecule has 3 saturated heterocycles. The van der Waals surface area contributed by atoms with Gasteiger partial charge < -0.3 is 10.2 Å². The number of piperidine rings is 1. The Labute approximate surface area is 166 Å². The van der Waals surface area contributed by atoms with Crippen LogP contribution < -0.4 is 21.1 Å². The molecule has 152 valence electrons.